The number of nitrogens with one attached hydrogen (secondary N) is 2. The number of ether oxygens (including phenoxy) is 2. The summed E-state index contributed by atoms with van der Waals surface area (Å²) in [6.07, 6.45) is 3.59. The summed E-state index contributed by atoms with van der Waals surface area (Å²) in [5, 5.41) is 13.9. The van der Waals surface area contributed by atoms with E-state index in [1.807, 2.05) is 16.4 Å². The molecule has 0 bridgehead atoms. The number of hydrogen-bond acceptors (Lipinski definition) is 8. The minimum Gasteiger partial charge on any atom is -0.477 e. The number of carbonyl (C=O) groups excluding carboxylic acids is 1. The lowest BCUT2D eigenvalue weighted by atomic mass is 10.0. The van der Waals surface area contributed by atoms with Crippen LogP contribution in [0.3, 0.4) is 0 Å². The molecule has 3 aromatic rings. The summed E-state index contributed by atoms with van der Waals surface area (Å²) in [6, 6.07) is -0.284. The van der Waals surface area contributed by atoms with E-state index in [0.717, 1.165) is 11.3 Å². The van der Waals surface area contributed by atoms with E-state index in [1.54, 1.807) is 26.4 Å². The third-order valence-corrected chi connectivity index (χ3v) is 8.13. The molecule has 0 aromatic carbocycles. The zero-order valence-corrected chi connectivity index (χ0v) is 22.9. The van der Waals surface area contributed by atoms with Gasteiger partial charge < -0.3 is 34.3 Å². The number of aromatic carboxylic acids is 1. The molecule has 14 heteroatoms. The van der Waals surface area contributed by atoms with E-state index in [4.69, 9.17) is 32.7 Å². The van der Waals surface area contributed by atoms with Crippen LogP contribution in [0.15, 0.2) is 12.4 Å². The van der Waals surface area contributed by atoms with Crippen molar-refractivity contribution >= 4 is 51.5 Å². The minimum absolute atomic E-state index is 0.108. The number of carbonyl (C=O) groups is 2. The molecule has 3 N–H and O–H groups in total. The molecule has 1 amide bonds. The summed E-state index contributed by atoms with van der Waals surface area (Å²) in [5.41, 5.74) is 1.14. The van der Waals surface area contributed by atoms with Gasteiger partial charge in [-0.05, 0) is 20.3 Å². The van der Waals surface area contributed by atoms with E-state index in [0.29, 0.717) is 66.6 Å². The van der Waals surface area contributed by atoms with Crippen molar-refractivity contribution in [2.45, 2.75) is 39.0 Å². The van der Waals surface area contributed by atoms with Gasteiger partial charge in [-0.15, -0.1) is 0 Å². The predicted molar refractivity (Wildman–Crippen MR) is 141 cm³/mol. The van der Waals surface area contributed by atoms with Crippen LogP contribution in [0.25, 0.3) is 11.5 Å². The van der Waals surface area contributed by atoms with Gasteiger partial charge in [-0.3, -0.25) is 4.79 Å². The summed E-state index contributed by atoms with van der Waals surface area (Å²) in [4.78, 5) is 39.0. The number of imidazole rings is 1. The second kappa shape index (κ2) is 11.8. The van der Waals surface area contributed by atoms with Gasteiger partial charge in [-0.1, -0.05) is 34.5 Å². The van der Waals surface area contributed by atoms with Gasteiger partial charge in [0.05, 0.1) is 28.8 Å². The third kappa shape index (κ3) is 5.78. The standard InChI is InChI=1S/C23H28Cl2N6O5S/c1-4-36-14-11-31(7-5-13(14)28-21(32)17-16(25)15(24)12(2)27-17)23-29-18(19(37-23)22(33)34)20-26-6-8-30(20)9-10-35-3/h6,8,13-14,27H,4-5,7,9-11H2,1-3H3,(H,28,32)(H,33,34)/t13-,14+/m1/s1. The number of carboxylic acid groups (broad SMARTS) is 1. The van der Waals surface area contributed by atoms with Crippen LogP contribution in [0.2, 0.25) is 10.0 Å². The molecule has 1 fully saturated rings. The van der Waals surface area contributed by atoms with Gasteiger partial charge in [0.1, 0.15) is 16.3 Å². The Morgan fingerprint density at radius 2 is 2.14 bits per heavy atom. The lowest BCUT2D eigenvalue weighted by Gasteiger charge is -2.38. The Bertz CT molecular complexity index is 1270. The first-order valence-corrected chi connectivity index (χ1v) is 13.3. The normalized spacial score (nSPS) is 17.8. The smallest absolute Gasteiger partial charge is 0.348 e. The quantitative estimate of drug-likeness (QED) is 0.335. The molecule has 1 aliphatic rings. The van der Waals surface area contributed by atoms with Gasteiger partial charge in [-0.2, -0.15) is 0 Å². The highest BCUT2D eigenvalue weighted by Crippen LogP contribution is 2.34. The number of amides is 1. The van der Waals surface area contributed by atoms with Crippen molar-refractivity contribution in [2.75, 3.05) is 38.3 Å². The Labute approximate surface area is 227 Å². The number of aromatic amines is 1. The minimum atomic E-state index is -1.07. The lowest BCUT2D eigenvalue weighted by molar-refractivity contribution is 0.0272. The molecule has 0 aliphatic carbocycles. The first kappa shape index (κ1) is 27.4. The predicted octanol–water partition coefficient (Wildman–Crippen LogP) is 3.71. The van der Waals surface area contributed by atoms with E-state index in [-0.39, 0.29) is 33.6 Å². The molecular weight excluding hydrogens is 543 g/mol. The summed E-state index contributed by atoms with van der Waals surface area (Å²) in [7, 11) is 1.60. The molecule has 0 unspecified atom stereocenters. The largest absolute Gasteiger partial charge is 0.477 e. The number of anilines is 1. The average molecular weight is 571 g/mol. The summed E-state index contributed by atoms with van der Waals surface area (Å²) in [6.45, 7) is 6.00. The molecule has 0 saturated carbocycles. The lowest BCUT2D eigenvalue weighted by Crippen LogP contribution is -2.55. The SMILES string of the molecule is CCO[C@H]1CN(c2nc(-c3nccn3CCOC)c(C(=O)O)s2)CC[C@H]1NC(=O)c1[nH]c(C)c(Cl)c1Cl. The molecule has 200 valence electrons. The first-order chi connectivity index (χ1) is 17.7. The van der Waals surface area contributed by atoms with Crippen molar-refractivity contribution in [3.05, 3.63) is 38.7 Å². The van der Waals surface area contributed by atoms with Gasteiger partial charge in [0.15, 0.2) is 11.0 Å². The average Bonchev–Trinajstić information content (AvgIpc) is 3.58. The maximum atomic E-state index is 12.9. The number of carboxylic acids is 1. The first-order valence-electron chi connectivity index (χ1n) is 11.7. The van der Waals surface area contributed by atoms with Crippen LogP contribution in [0.4, 0.5) is 5.13 Å². The number of methoxy groups -OCH3 is 1. The van der Waals surface area contributed by atoms with E-state index >= 15 is 0 Å². The molecule has 3 aromatic heterocycles. The molecule has 2 atom stereocenters. The van der Waals surface area contributed by atoms with Gasteiger partial charge in [-0.25, -0.2) is 14.8 Å². The van der Waals surface area contributed by atoms with Crippen LogP contribution in [0.1, 0.15) is 39.2 Å². The van der Waals surface area contributed by atoms with Crippen LogP contribution >= 0.6 is 34.5 Å². The molecule has 0 spiro atoms. The topological polar surface area (TPSA) is 135 Å². The number of halogens is 2. The summed E-state index contributed by atoms with van der Waals surface area (Å²) >= 11 is 13.4. The summed E-state index contributed by atoms with van der Waals surface area (Å²) in [5.74, 6) is -0.965. The number of hydrogen-bond donors (Lipinski definition) is 3. The Balaban J connectivity index is 1.54. The Morgan fingerprint density at radius 3 is 2.78 bits per heavy atom. The zero-order chi connectivity index (χ0) is 26.7. The number of aryl methyl sites for hydroxylation is 1. The van der Waals surface area contributed by atoms with Crippen molar-refractivity contribution in [2.24, 2.45) is 0 Å². The second-order valence-electron chi connectivity index (χ2n) is 8.48. The van der Waals surface area contributed by atoms with E-state index in [9.17, 15) is 14.7 Å². The van der Waals surface area contributed by atoms with Gasteiger partial charge in [0.25, 0.3) is 5.91 Å². The number of piperidine rings is 1. The fraction of sp³-hybridized carbons (Fsp3) is 0.478. The van der Waals surface area contributed by atoms with Gasteiger partial charge >= 0.3 is 5.97 Å². The highest BCUT2D eigenvalue weighted by Gasteiger charge is 2.34. The maximum Gasteiger partial charge on any atom is 0.348 e. The molecule has 4 heterocycles. The Morgan fingerprint density at radius 1 is 1.35 bits per heavy atom. The summed E-state index contributed by atoms with van der Waals surface area (Å²) < 4.78 is 12.9. The maximum absolute atomic E-state index is 12.9. The fourth-order valence-corrected chi connectivity index (χ4v) is 5.60. The molecule has 0 radical (unpaired) electrons. The third-order valence-electron chi connectivity index (χ3n) is 6.08. The van der Waals surface area contributed by atoms with E-state index in [1.165, 1.54) is 0 Å². The van der Waals surface area contributed by atoms with Gasteiger partial charge in [0, 0.05) is 51.4 Å². The molecule has 1 aliphatic heterocycles. The van der Waals surface area contributed by atoms with Gasteiger partial charge in [0.2, 0.25) is 0 Å². The monoisotopic (exact) mass is 570 g/mol. The zero-order valence-electron chi connectivity index (χ0n) is 20.6. The molecule has 4 rings (SSSR count). The highest BCUT2D eigenvalue weighted by molar-refractivity contribution is 7.17. The van der Waals surface area contributed by atoms with Crippen LogP contribution < -0.4 is 10.2 Å². The number of rotatable bonds is 10. The molecule has 1 saturated heterocycles. The second-order valence-corrected chi connectivity index (χ2v) is 10.2. The van der Waals surface area contributed by atoms with Crippen molar-refractivity contribution in [1.29, 1.82) is 0 Å². The van der Waals surface area contributed by atoms with Crippen molar-refractivity contribution in [3.8, 4) is 11.5 Å². The van der Waals surface area contributed by atoms with Crippen molar-refractivity contribution in [1.82, 2.24) is 24.8 Å². The fourth-order valence-electron chi connectivity index (χ4n) is 4.24. The van der Waals surface area contributed by atoms with Crippen LogP contribution in [-0.2, 0) is 16.0 Å². The Hall–Kier alpha value is -2.64. The number of thiazole rings is 1. The highest BCUT2D eigenvalue weighted by atomic mass is 35.5. The Kier molecular flexibility index (Phi) is 8.75. The molecular formula is C23H28Cl2N6O5S. The van der Waals surface area contributed by atoms with Crippen LogP contribution in [-0.4, -0.2) is 82.1 Å². The molecule has 11 nitrogen and oxygen atoms in total. The number of nitrogens with zero attached hydrogens (tertiary/aromatic N) is 4. The van der Waals surface area contributed by atoms with Crippen molar-refractivity contribution in [3.63, 3.8) is 0 Å². The number of aromatic nitrogens is 4. The number of H-pyrrole nitrogens is 1. The molecule has 37 heavy (non-hydrogen) atoms. The van der Waals surface area contributed by atoms with E-state index < -0.39 is 5.97 Å². The van der Waals surface area contributed by atoms with E-state index in [2.05, 4.69) is 20.3 Å². The van der Waals surface area contributed by atoms with Crippen LogP contribution in [0.5, 0.6) is 0 Å². The van der Waals surface area contributed by atoms with Crippen molar-refractivity contribution < 1.29 is 24.2 Å². The van der Waals surface area contributed by atoms with Crippen LogP contribution in [0, 0.1) is 6.92 Å².